The lowest BCUT2D eigenvalue weighted by Gasteiger charge is -1.97. The first-order chi connectivity index (χ1) is 6.56. The predicted octanol–water partition coefficient (Wildman–Crippen LogP) is 1.11. The van der Waals surface area contributed by atoms with Crippen LogP contribution in [-0.2, 0) is 0 Å². The highest BCUT2D eigenvalue weighted by Crippen LogP contribution is 2.18. The molecule has 1 aromatic carbocycles. The van der Waals surface area contributed by atoms with Gasteiger partial charge in [0.25, 0.3) is 5.69 Å². The first-order valence-corrected chi connectivity index (χ1v) is 3.53. The van der Waals surface area contributed by atoms with Crippen LogP contribution >= 0.6 is 0 Å². The second-order valence-electron chi connectivity index (χ2n) is 2.45. The molecule has 0 aliphatic rings. The third-order valence-corrected chi connectivity index (χ3v) is 1.60. The molecule has 0 heterocycles. The van der Waals surface area contributed by atoms with Gasteiger partial charge < -0.3 is 5.11 Å². The van der Waals surface area contributed by atoms with Gasteiger partial charge in [-0.3, -0.25) is 14.9 Å². The molecular formula is C8H5NO5. The zero-order valence-electron chi connectivity index (χ0n) is 6.84. The minimum atomic E-state index is -1.27. The van der Waals surface area contributed by atoms with E-state index in [-0.39, 0.29) is 11.1 Å². The molecule has 0 bridgehead atoms. The van der Waals surface area contributed by atoms with Crippen molar-refractivity contribution < 1.29 is 19.6 Å². The minimum absolute atomic E-state index is 0.139. The summed E-state index contributed by atoms with van der Waals surface area (Å²) in [5.41, 5.74) is -0.859. The van der Waals surface area contributed by atoms with E-state index in [4.69, 9.17) is 5.11 Å². The first kappa shape index (κ1) is 9.85. The van der Waals surface area contributed by atoms with Crippen molar-refractivity contribution >= 4 is 17.9 Å². The van der Waals surface area contributed by atoms with Gasteiger partial charge in [-0.2, -0.15) is 0 Å². The first-order valence-electron chi connectivity index (χ1n) is 3.53. The van der Waals surface area contributed by atoms with Crippen LogP contribution in [0.5, 0.6) is 0 Å². The van der Waals surface area contributed by atoms with Crippen molar-refractivity contribution in [3.05, 3.63) is 39.4 Å². The molecule has 0 aromatic heterocycles. The van der Waals surface area contributed by atoms with Gasteiger partial charge in [0, 0.05) is 6.07 Å². The van der Waals surface area contributed by atoms with Gasteiger partial charge in [-0.1, -0.05) is 0 Å². The molecule has 0 spiro atoms. The molecule has 0 atom stereocenters. The number of carbonyl (C=O) groups is 2. The van der Waals surface area contributed by atoms with Crippen LogP contribution in [0.3, 0.4) is 0 Å². The molecule has 0 fully saturated rings. The highest BCUT2D eigenvalue weighted by molar-refractivity contribution is 5.91. The zero-order valence-corrected chi connectivity index (χ0v) is 6.84. The van der Waals surface area contributed by atoms with Gasteiger partial charge in [-0.05, 0) is 12.1 Å². The Morgan fingerprint density at radius 1 is 1.50 bits per heavy atom. The Hall–Kier alpha value is -2.24. The molecular weight excluding hydrogens is 190 g/mol. The number of hydrogen-bond acceptors (Lipinski definition) is 4. The molecule has 0 amide bonds. The van der Waals surface area contributed by atoms with Gasteiger partial charge in [-0.15, -0.1) is 0 Å². The van der Waals surface area contributed by atoms with E-state index in [1.165, 1.54) is 0 Å². The molecule has 1 rings (SSSR count). The summed E-state index contributed by atoms with van der Waals surface area (Å²) >= 11 is 0. The Bertz CT molecular complexity index is 412. The molecule has 0 radical (unpaired) electrons. The monoisotopic (exact) mass is 195 g/mol. The van der Waals surface area contributed by atoms with Crippen LogP contribution in [0.15, 0.2) is 18.2 Å². The third-order valence-electron chi connectivity index (χ3n) is 1.60. The van der Waals surface area contributed by atoms with Crippen LogP contribution in [0.25, 0.3) is 0 Å². The second kappa shape index (κ2) is 3.65. The average Bonchev–Trinajstić information content (AvgIpc) is 2.16. The lowest BCUT2D eigenvalue weighted by molar-refractivity contribution is -0.385. The zero-order chi connectivity index (χ0) is 10.7. The number of benzene rings is 1. The van der Waals surface area contributed by atoms with Crippen molar-refractivity contribution in [3.63, 3.8) is 0 Å². The number of carboxylic acid groups (broad SMARTS) is 1. The van der Waals surface area contributed by atoms with E-state index in [0.717, 1.165) is 18.2 Å². The van der Waals surface area contributed by atoms with Gasteiger partial charge in [0.05, 0.1) is 16.1 Å². The maximum Gasteiger partial charge on any atom is 0.335 e. The molecule has 1 aromatic rings. The molecule has 6 nitrogen and oxygen atoms in total. The lowest BCUT2D eigenvalue weighted by atomic mass is 10.1. The number of nitrogens with zero attached hydrogens (tertiary/aromatic N) is 1. The van der Waals surface area contributed by atoms with Crippen molar-refractivity contribution in [2.45, 2.75) is 0 Å². The van der Waals surface area contributed by atoms with Gasteiger partial charge in [0.15, 0.2) is 6.29 Å². The van der Waals surface area contributed by atoms with E-state index in [0.29, 0.717) is 6.29 Å². The Labute approximate surface area is 77.9 Å². The third kappa shape index (κ3) is 1.74. The topological polar surface area (TPSA) is 97.5 Å². The predicted molar refractivity (Wildman–Crippen MR) is 45.4 cm³/mol. The van der Waals surface area contributed by atoms with Crippen molar-refractivity contribution in [3.8, 4) is 0 Å². The second-order valence-corrected chi connectivity index (χ2v) is 2.45. The van der Waals surface area contributed by atoms with Gasteiger partial charge in [0.2, 0.25) is 0 Å². The highest BCUT2D eigenvalue weighted by atomic mass is 16.6. The van der Waals surface area contributed by atoms with Crippen molar-refractivity contribution in [2.75, 3.05) is 0 Å². The van der Waals surface area contributed by atoms with Crippen LogP contribution in [0.4, 0.5) is 5.69 Å². The molecule has 0 saturated carbocycles. The number of rotatable bonds is 3. The number of hydrogen-bond donors (Lipinski definition) is 1. The molecule has 0 aliphatic carbocycles. The van der Waals surface area contributed by atoms with E-state index in [9.17, 15) is 19.7 Å². The van der Waals surface area contributed by atoms with Gasteiger partial charge in [-0.25, -0.2) is 4.79 Å². The van der Waals surface area contributed by atoms with Gasteiger partial charge >= 0.3 is 5.97 Å². The fraction of sp³-hybridized carbons (Fsp3) is 0. The molecule has 72 valence electrons. The lowest BCUT2D eigenvalue weighted by Crippen LogP contribution is -2.00. The van der Waals surface area contributed by atoms with Gasteiger partial charge in [0.1, 0.15) is 0 Å². The van der Waals surface area contributed by atoms with E-state index >= 15 is 0 Å². The fourth-order valence-corrected chi connectivity index (χ4v) is 0.934. The Morgan fingerprint density at radius 2 is 2.14 bits per heavy atom. The maximum atomic E-state index is 10.5. The number of nitro benzene ring substituents is 1. The SMILES string of the molecule is O=Cc1ccc(C(=O)O)cc1[N+](=O)[O-]. The quantitative estimate of drug-likeness (QED) is 0.442. The van der Waals surface area contributed by atoms with Crippen molar-refractivity contribution in [2.24, 2.45) is 0 Å². The van der Waals surface area contributed by atoms with Crippen LogP contribution in [0.1, 0.15) is 20.7 Å². The van der Waals surface area contributed by atoms with E-state index < -0.39 is 16.6 Å². The average molecular weight is 195 g/mol. The standard InChI is InChI=1S/C8H5NO5/c10-4-6-2-1-5(8(11)12)3-7(6)9(13)14/h1-4H,(H,11,12). The number of carboxylic acids is 1. The smallest absolute Gasteiger partial charge is 0.335 e. The van der Waals surface area contributed by atoms with E-state index in [1.807, 2.05) is 0 Å². The molecule has 0 unspecified atom stereocenters. The van der Waals surface area contributed by atoms with Crippen molar-refractivity contribution in [1.29, 1.82) is 0 Å². The molecule has 6 heteroatoms. The summed E-state index contributed by atoms with van der Waals surface area (Å²) in [7, 11) is 0. The normalized spacial score (nSPS) is 9.43. The number of carbonyl (C=O) groups excluding carboxylic acids is 1. The number of aromatic carboxylic acids is 1. The van der Waals surface area contributed by atoms with E-state index in [1.54, 1.807) is 0 Å². The fourth-order valence-electron chi connectivity index (χ4n) is 0.934. The largest absolute Gasteiger partial charge is 0.478 e. The Balaban J connectivity index is 3.34. The number of aldehydes is 1. The summed E-state index contributed by atoms with van der Waals surface area (Å²) in [5.74, 6) is -1.27. The summed E-state index contributed by atoms with van der Waals surface area (Å²) < 4.78 is 0. The molecule has 0 aliphatic heterocycles. The van der Waals surface area contributed by atoms with Crippen LogP contribution in [0.2, 0.25) is 0 Å². The molecule has 0 saturated heterocycles. The summed E-state index contributed by atoms with van der Waals surface area (Å²) in [6.45, 7) is 0. The van der Waals surface area contributed by atoms with Crippen LogP contribution in [0, 0.1) is 10.1 Å². The Morgan fingerprint density at radius 3 is 2.57 bits per heavy atom. The summed E-state index contributed by atoms with van der Waals surface area (Å²) in [6.07, 6.45) is 0.309. The summed E-state index contributed by atoms with van der Waals surface area (Å²) in [4.78, 5) is 30.4. The summed E-state index contributed by atoms with van der Waals surface area (Å²) in [6, 6.07) is 3.10. The summed E-state index contributed by atoms with van der Waals surface area (Å²) in [5, 5.41) is 19.0. The van der Waals surface area contributed by atoms with Crippen LogP contribution in [-0.4, -0.2) is 22.3 Å². The molecule has 1 N–H and O–H groups in total. The highest BCUT2D eigenvalue weighted by Gasteiger charge is 2.16. The Kier molecular flexibility index (Phi) is 2.57. The van der Waals surface area contributed by atoms with E-state index in [2.05, 4.69) is 0 Å². The maximum absolute atomic E-state index is 10.5. The number of nitro groups is 1. The minimum Gasteiger partial charge on any atom is -0.478 e. The molecule has 14 heavy (non-hydrogen) atoms. The van der Waals surface area contributed by atoms with Crippen LogP contribution < -0.4 is 0 Å². The van der Waals surface area contributed by atoms with Crippen molar-refractivity contribution in [1.82, 2.24) is 0 Å².